The van der Waals surface area contributed by atoms with Crippen molar-refractivity contribution in [3.05, 3.63) is 65.5 Å². The Morgan fingerprint density at radius 1 is 1.29 bits per heavy atom. The van der Waals surface area contributed by atoms with E-state index in [0.29, 0.717) is 28.8 Å². The zero-order chi connectivity index (χ0) is 21.7. The molecule has 156 valence electrons. The molecule has 7 nitrogen and oxygen atoms in total. The zero-order valence-electron chi connectivity index (χ0n) is 16.6. The van der Waals surface area contributed by atoms with Gasteiger partial charge in [-0.3, -0.25) is 9.78 Å². The summed E-state index contributed by atoms with van der Waals surface area (Å²) in [6.45, 7) is 0.355. The second-order valence-electron chi connectivity index (χ2n) is 7.48. The first-order chi connectivity index (χ1) is 15.0. The van der Waals surface area contributed by atoms with Crippen LogP contribution < -0.4 is 4.90 Å². The highest BCUT2D eigenvalue weighted by atomic mass is 35.5. The van der Waals surface area contributed by atoms with Gasteiger partial charge in [0.2, 0.25) is 0 Å². The molecular weight excluding hydrogens is 418 g/mol. The fourth-order valence-electron chi connectivity index (χ4n) is 4.23. The molecule has 31 heavy (non-hydrogen) atoms. The largest absolute Gasteiger partial charge is 0.506 e. The summed E-state index contributed by atoms with van der Waals surface area (Å²) >= 11 is 6.27. The fourth-order valence-corrected chi connectivity index (χ4v) is 4.48. The van der Waals surface area contributed by atoms with Gasteiger partial charge in [-0.2, -0.15) is 0 Å². The number of phenolic OH excluding ortho intramolecular Hbond substituents is 1. The van der Waals surface area contributed by atoms with Gasteiger partial charge >= 0.3 is 5.97 Å². The maximum absolute atomic E-state index is 13.4. The molecule has 2 aromatic heterocycles. The van der Waals surface area contributed by atoms with Crippen LogP contribution in [0.3, 0.4) is 0 Å². The van der Waals surface area contributed by atoms with Gasteiger partial charge in [-0.25, -0.2) is 4.79 Å². The smallest absolute Gasteiger partial charge is 0.339 e. The van der Waals surface area contributed by atoms with Crippen LogP contribution >= 0.6 is 11.6 Å². The van der Waals surface area contributed by atoms with Crippen molar-refractivity contribution in [1.29, 1.82) is 0 Å². The number of para-hydroxylation sites is 1. The standard InChI is InChI=1S/C23H18ClN3O4/c1-31-23(30)13-6-15-20-14(9-24)11-27(18(20)8-19(28)21(15)25-10-13)22(29)17-7-12-4-2-3-5-16(12)26-17/h2-8,10,14,26,28H,9,11H2,1H3. The van der Waals surface area contributed by atoms with E-state index < -0.39 is 5.97 Å². The first kappa shape index (κ1) is 19.4. The average molecular weight is 436 g/mol. The molecule has 2 aromatic carbocycles. The maximum Gasteiger partial charge on any atom is 0.339 e. The first-order valence-corrected chi connectivity index (χ1v) is 10.2. The number of hydrogen-bond acceptors (Lipinski definition) is 5. The molecule has 5 rings (SSSR count). The number of H-pyrrole nitrogens is 1. The van der Waals surface area contributed by atoms with Crippen LogP contribution in [0, 0.1) is 0 Å². The Balaban J connectivity index is 1.66. The number of phenols is 1. The highest BCUT2D eigenvalue weighted by Crippen LogP contribution is 2.45. The third-order valence-electron chi connectivity index (χ3n) is 5.68. The molecule has 1 unspecified atom stereocenters. The fraction of sp³-hybridized carbons (Fsp3) is 0.174. The second-order valence-corrected chi connectivity index (χ2v) is 7.79. The van der Waals surface area contributed by atoms with Crippen LogP contribution in [0.5, 0.6) is 5.75 Å². The minimum absolute atomic E-state index is 0.0742. The Hall–Kier alpha value is -3.58. The molecule has 1 aliphatic heterocycles. The van der Waals surface area contributed by atoms with Crippen molar-refractivity contribution in [2.24, 2.45) is 0 Å². The van der Waals surface area contributed by atoms with Crippen molar-refractivity contribution in [1.82, 2.24) is 9.97 Å². The van der Waals surface area contributed by atoms with Crippen LogP contribution in [0.1, 0.15) is 32.3 Å². The number of fused-ring (bicyclic) bond motifs is 4. The number of aromatic amines is 1. The number of benzene rings is 2. The number of anilines is 1. The summed E-state index contributed by atoms with van der Waals surface area (Å²) in [5.74, 6) is -0.734. The number of carbonyl (C=O) groups excluding carboxylic acids is 2. The van der Waals surface area contributed by atoms with Crippen molar-refractivity contribution in [3.63, 3.8) is 0 Å². The van der Waals surface area contributed by atoms with Crippen molar-refractivity contribution in [2.75, 3.05) is 24.4 Å². The second kappa shape index (κ2) is 7.28. The van der Waals surface area contributed by atoms with E-state index in [1.54, 1.807) is 11.0 Å². The number of hydrogen-bond donors (Lipinski definition) is 2. The molecule has 1 atom stereocenters. The summed E-state index contributed by atoms with van der Waals surface area (Å²) in [4.78, 5) is 34.4. The quantitative estimate of drug-likeness (QED) is 0.371. The van der Waals surface area contributed by atoms with Crippen LogP contribution in [-0.4, -0.2) is 46.5 Å². The van der Waals surface area contributed by atoms with Gasteiger partial charge in [-0.15, -0.1) is 11.6 Å². The van der Waals surface area contributed by atoms with Gasteiger partial charge < -0.3 is 19.7 Å². The summed E-state index contributed by atoms with van der Waals surface area (Å²) in [6.07, 6.45) is 1.36. The van der Waals surface area contributed by atoms with Gasteiger partial charge in [0.05, 0.1) is 18.4 Å². The van der Waals surface area contributed by atoms with Gasteiger partial charge in [0, 0.05) is 46.9 Å². The van der Waals surface area contributed by atoms with Crippen molar-refractivity contribution in [3.8, 4) is 5.75 Å². The van der Waals surface area contributed by atoms with E-state index in [0.717, 1.165) is 16.5 Å². The van der Waals surface area contributed by atoms with E-state index in [2.05, 4.69) is 9.97 Å². The van der Waals surface area contributed by atoms with Gasteiger partial charge in [0.15, 0.2) is 0 Å². The molecule has 2 N–H and O–H groups in total. The number of aromatic hydroxyl groups is 1. The normalized spacial score (nSPS) is 15.4. The van der Waals surface area contributed by atoms with Gasteiger partial charge in [-0.05, 0) is 23.8 Å². The minimum atomic E-state index is -0.530. The van der Waals surface area contributed by atoms with Gasteiger partial charge in [0.25, 0.3) is 5.91 Å². The highest BCUT2D eigenvalue weighted by molar-refractivity contribution is 6.19. The number of ether oxygens (including phenoxy) is 1. The first-order valence-electron chi connectivity index (χ1n) is 9.71. The molecule has 0 saturated carbocycles. The van der Waals surface area contributed by atoms with E-state index in [1.165, 1.54) is 19.4 Å². The van der Waals surface area contributed by atoms with Crippen LogP contribution in [0.25, 0.3) is 21.8 Å². The van der Waals surface area contributed by atoms with E-state index in [1.807, 2.05) is 30.3 Å². The topological polar surface area (TPSA) is 95.5 Å². The lowest BCUT2D eigenvalue weighted by Gasteiger charge is -2.17. The molecule has 8 heteroatoms. The Labute approximate surface area is 182 Å². The van der Waals surface area contributed by atoms with E-state index in [-0.39, 0.29) is 29.0 Å². The SMILES string of the molecule is COC(=O)c1cnc2c(O)cc3c(c2c1)C(CCl)CN3C(=O)c1cc2ccccc2[nH]1. The molecule has 0 saturated heterocycles. The number of aromatic nitrogens is 2. The molecular formula is C23H18ClN3O4. The number of esters is 1. The van der Waals surface area contributed by atoms with Gasteiger partial charge in [-0.1, -0.05) is 18.2 Å². The Kier molecular flexibility index (Phi) is 4.55. The van der Waals surface area contributed by atoms with Crippen molar-refractivity contribution < 1.29 is 19.4 Å². The summed E-state index contributed by atoms with van der Waals surface area (Å²) in [7, 11) is 1.29. The summed E-state index contributed by atoms with van der Waals surface area (Å²) in [5, 5.41) is 12.1. The number of pyridine rings is 1. The van der Waals surface area contributed by atoms with Crippen LogP contribution in [0.2, 0.25) is 0 Å². The number of rotatable bonds is 3. The van der Waals surface area contributed by atoms with Crippen LogP contribution in [-0.2, 0) is 4.74 Å². The number of amides is 1. The molecule has 1 aliphatic rings. The molecule has 0 spiro atoms. The monoisotopic (exact) mass is 435 g/mol. The van der Waals surface area contributed by atoms with E-state index in [9.17, 15) is 14.7 Å². The zero-order valence-corrected chi connectivity index (χ0v) is 17.3. The third-order valence-corrected chi connectivity index (χ3v) is 6.06. The molecule has 0 radical (unpaired) electrons. The predicted molar refractivity (Wildman–Crippen MR) is 118 cm³/mol. The molecule has 1 amide bonds. The third kappa shape index (κ3) is 3.00. The average Bonchev–Trinajstić information content (AvgIpc) is 3.39. The summed E-state index contributed by atoms with van der Waals surface area (Å²) < 4.78 is 4.80. The lowest BCUT2D eigenvalue weighted by molar-refractivity contribution is 0.0600. The lowest BCUT2D eigenvalue weighted by atomic mass is 9.97. The number of nitrogens with zero attached hydrogens (tertiary/aromatic N) is 2. The Morgan fingerprint density at radius 2 is 2.10 bits per heavy atom. The maximum atomic E-state index is 13.4. The van der Waals surface area contributed by atoms with Crippen molar-refractivity contribution >= 4 is 51.0 Å². The summed E-state index contributed by atoms with van der Waals surface area (Å²) in [5.41, 5.74) is 3.27. The number of methoxy groups -OCH3 is 1. The molecule has 0 bridgehead atoms. The van der Waals surface area contributed by atoms with E-state index in [4.69, 9.17) is 16.3 Å². The van der Waals surface area contributed by atoms with Crippen molar-refractivity contribution in [2.45, 2.75) is 5.92 Å². The molecule has 3 heterocycles. The van der Waals surface area contributed by atoms with Gasteiger partial charge in [0.1, 0.15) is 17.0 Å². The van der Waals surface area contributed by atoms with E-state index >= 15 is 0 Å². The lowest BCUT2D eigenvalue weighted by Crippen LogP contribution is -2.30. The summed E-state index contributed by atoms with van der Waals surface area (Å²) in [6, 6.07) is 12.6. The predicted octanol–water partition coefficient (Wildman–Crippen LogP) is 4.19. The Morgan fingerprint density at radius 3 is 2.84 bits per heavy atom. The highest BCUT2D eigenvalue weighted by Gasteiger charge is 2.36. The number of alkyl halides is 1. The minimum Gasteiger partial charge on any atom is -0.506 e. The van der Waals surface area contributed by atoms with Crippen LogP contribution in [0.15, 0.2) is 48.7 Å². The number of carbonyl (C=O) groups is 2. The number of halogens is 1. The van der Waals surface area contributed by atoms with Crippen LogP contribution in [0.4, 0.5) is 5.69 Å². The molecule has 0 aliphatic carbocycles. The molecule has 4 aromatic rings. The number of nitrogens with one attached hydrogen (secondary N) is 1. The Bertz CT molecular complexity index is 1330. The molecule has 0 fully saturated rings.